The van der Waals surface area contributed by atoms with Gasteiger partial charge in [0.15, 0.2) is 4.34 Å². The highest BCUT2D eigenvalue weighted by Gasteiger charge is 2.21. The Morgan fingerprint density at radius 1 is 1.30 bits per heavy atom. The molecule has 0 unspecified atom stereocenters. The molecule has 0 aliphatic heterocycles. The highest BCUT2D eigenvalue weighted by molar-refractivity contribution is 8.00. The zero-order valence-corrected chi connectivity index (χ0v) is 15.5. The van der Waals surface area contributed by atoms with Gasteiger partial charge in [-0.05, 0) is 17.5 Å². The van der Waals surface area contributed by atoms with E-state index in [-0.39, 0.29) is 6.04 Å². The van der Waals surface area contributed by atoms with Crippen LogP contribution in [-0.2, 0) is 5.75 Å². The molecular formula is C15H19ClN5S2+. The van der Waals surface area contributed by atoms with Crippen molar-refractivity contribution in [2.75, 3.05) is 0 Å². The second-order valence-electron chi connectivity index (χ2n) is 5.83. The summed E-state index contributed by atoms with van der Waals surface area (Å²) in [5.41, 5.74) is 5.31. The summed E-state index contributed by atoms with van der Waals surface area (Å²) in [4.78, 5) is 0.819. The van der Waals surface area contributed by atoms with Crippen molar-refractivity contribution in [1.29, 1.82) is 0 Å². The van der Waals surface area contributed by atoms with Crippen LogP contribution in [0.25, 0.3) is 4.96 Å². The van der Waals surface area contributed by atoms with Crippen molar-refractivity contribution in [3.8, 4) is 0 Å². The molecule has 0 spiro atoms. The molecule has 1 atom stereocenters. The average Bonchev–Trinajstić information content (AvgIpc) is 3.05. The van der Waals surface area contributed by atoms with E-state index in [1.807, 2.05) is 28.8 Å². The minimum absolute atomic E-state index is 0.105. The summed E-state index contributed by atoms with van der Waals surface area (Å²) in [5.74, 6) is 2.20. The number of hydrogen-bond acceptors (Lipinski definition) is 5. The van der Waals surface area contributed by atoms with Crippen molar-refractivity contribution in [2.24, 2.45) is 5.92 Å². The van der Waals surface area contributed by atoms with Crippen LogP contribution in [0.1, 0.15) is 37.7 Å². The van der Waals surface area contributed by atoms with E-state index in [0.717, 1.165) is 37.9 Å². The van der Waals surface area contributed by atoms with Crippen molar-refractivity contribution in [3.05, 3.63) is 40.7 Å². The van der Waals surface area contributed by atoms with E-state index in [0.29, 0.717) is 5.92 Å². The standard InChI is InChI=1S/C15H18ClN5S2/c1-9(2)7-12(17)13-18-19-14-21(13)20-15(23-14)22-8-10-5-3-4-6-11(10)16/h3-6,9,12H,7-8,17H2,1-2H3/p+1/t12-/m0/s1. The first-order chi connectivity index (χ1) is 11.0. The smallest absolute Gasteiger partial charge is 0.235 e. The fourth-order valence-electron chi connectivity index (χ4n) is 2.36. The third-order valence-electron chi connectivity index (χ3n) is 3.43. The lowest BCUT2D eigenvalue weighted by molar-refractivity contribution is -0.432. The number of aromatic nitrogens is 4. The van der Waals surface area contributed by atoms with Crippen LogP contribution in [0.15, 0.2) is 28.6 Å². The van der Waals surface area contributed by atoms with Crippen molar-refractivity contribution < 1.29 is 5.73 Å². The van der Waals surface area contributed by atoms with Crippen LogP contribution in [-0.4, -0.2) is 19.8 Å². The Morgan fingerprint density at radius 3 is 2.83 bits per heavy atom. The van der Waals surface area contributed by atoms with E-state index in [4.69, 9.17) is 11.6 Å². The summed E-state index contributed by atoms with van der Waals surface area (Å²) >= 11 is 9.41. The molecule has 2 aromatic heterocycles. The van der Waals surface area contributed by atoms with Crippen LogP contribution in [0.3, 0.4) is 0 Å². The van der Waals surface area contributed by atoms with Gasteiger partial charge in [0.25, 0.3) is 0 Å². The van der Waals surface area contributed by atoms with Gasteiger partial charge in [0.2, 0.25) is 10.8 Å². The van der Waals surface area contributed by atoms with E-state index >= 15 is 0 Å². The summed E-state index contributed by atoms with van der Waals surface area (Å²) in [5, 5.41) is 13.9. The number of benzene rings is 1. The largest absolute Gasteiger partial charge is 0.349 e. The summed E-state index contributed by atoms with van der Waals surface area (Å²) in [6.45, 7) is 4.37. The molecule has 0 saturated heterocycles. The molecular weight excluding hydrogens is 350 g/mol. The first-order valence-electron chi connectivity index (χ1n) is 7.46. The van der Waals surface area contributed by atoms with Crippen LogP contribution >= 0.6 is 34.7 Å². The van der Waals surface area contributed by atoms with Crippen molar-refractivity contribution in [1.82, 2.24) is 19.8 Å². The van der Waals surface area contributed by atoms with E-state index in [1.54, 1.807) is 23.1 Å². The number of rotatable bonds is 6. The number of fused-ring (bicyclic) bond motifs is 1. The predicted octanol–water partition coefficient (Wildman–Crippen LogP) is 3.46. The average molecular weight is 369 g/mol. The molecule has 5 nitrogen and oxygen atoms in total. The minimum Gasteiger partial charge on any atom is -0.349 e. The number of thioether (sulfide) groups is 1. The Labute approximate surface area is 148 Å². The molecule has 23 heavy (non-hydrogen) atoms. The summed E-state index contributed by atoms with van der Waals surface area (Å²) in [7, 11) is 0. The molecule has 3 aromatic rings. The molecule has 8 heteroatoms. The Balaban J connectivity index is 1.76. The van der Waals surface area contributed by atoms with Gasteiger partial charge in [0, 0.05) is 17.2 Å². The first kappa shape index (κ1) is 16.7. The van der Waals surface area contributed by atoms with Crippen LogP contribution in [0.4, 0.5) is 0 Å². The van der Waals surface area contributed by atoms with Gasteiger partial charge >= 0.3 is 0 Å². The van der Waals surface area contributed by atoms with E-state index in [9.17, 15) is 0 Å². The summed E-state index contributed by atoms with van der Waals surface area (Å²) in [6, 6.07) is 7.99. The third kappa shape index (κ3) is 3.85. The molecule has 2 heterocycles. The Kier molecular flexibility index (Phi) is 5.21. The summed E-state index contributed by atoms with van der Waals surface area (Å²) in [6.07, 6.45) is 0.973. The second kappa shape index (κ2) is 7.17. The minimum atomic E-state index is 0.105. The topological polar surface area (TPSA) is 70.7 Å². The fourth-order valence-corrected chi connectivity index (χ4v) is 4.53. The molecule has 0 radical (unpaired) electrons. The molecule has 3 N–H and O–H groups in total. The Bertz CT molecular complexity index is 798. The van der Waals surface area contributed by atoms with E-state index in [2.05, 4.69) is 34.9 Å². The lowest BCUT2D eigenvalue weighted by Crippen LogP contribution is -2.54. The quantitative estimate of drug-likeness (QED) is 0.676. The molecule has 0 aliphatic carbocycles. The zero-order chi connectivity index (χ0) is 16.4. The van der Waals surface area contributed by atoms with Crippen LogP contribution < -0.4 is 5.73 Å². The number of quaternary nitrogens is 1. The predicted molar refractivity (Wildman–Crippen MR) is 94.8 cm³/mol. The van der Waals surface area contributed by atoms with Gasteiger partial charge < -0.3 is 5.73 Å². The highest BCUT2D eigenvalue weighted by Crippen LogP contribution is 2.30. The summed E-state index contributed by atoms with van der Waals surface area (Å²) < 4.78 is 2.80. The highest BCUT2D eigenvalue weighted by atomic mass is 35.5. The van der Waals surface area contributed by atoms with E-state index in [1.165, 1.54) is 0 Å². The van der Waals surface area contributed by atoms with Gasteiger partial charge in [-0.25, -0.2) is 0 Å². The Morgan fingerprint density at radius 2 is 2.09 bits per heavy atom. The maximum atomic E-state index is 6.20. The van der Waals surface area contributed by atoms with Crippen molar-refractivity contribution >= 4 is 39.7 Å². The molecule has 0 amide bonds. The Hall–Kier alpha value is -1.15. The monoisotopic (exact) mass is 368 g/mol. The van der Waals surface area contributed by atoms with Crippen LogP contribution in [0.5, 0.6) is 0 Å². The molecule has 0 saturated carbocycles. The van der Waals surface area contributed by atoms with Gasteiger partial charge in [-0.1, -0.05) is 66.7 Å². The van der Waals surface area contributed by atoms with Crippen molar-refractivity contribution in [2.45, 2.75) is 36.4 Å². The van der Waals surface area contributed by atoms with Crippen molar-refractivity contribution in [3.63, 3.8) is 0 Å². The normalized spacial score (nSPS) is 13.1. The SMILES string of the molecule is CC(C)C[C@H]([NH3+])c1nnc2sc(SCc3ccccc3Cl)nn12. The fraction of sp³-hybridized carbons (Fsp3) is 0.400. The molecule has 0 aliphatic rings. The maximum Gasteiger partial charge on any atom is 0.235 e. The van der Waals surface area contributed by atoms with Crippen LogP contribution in [0, 0.1) is 5.92 Å². The zero-order valence-electron chi connectivity index (χ0n) is 13.1. The second-order valence-corrected chi connectivity index (χ2v) is 8.41. The third-order valence-corrected chi connectivity index (χ3v) is 5.88. The molecule has 3 rings (SSSR count). The van der Waals surface area contributed by atoms with Gasteiger partial charge in [-0.2, -0.15) is 4.52 Å². The molecule has 122 valence electrons. The van der Waals surface area contributed by atoms with Gasteiger partial charge in [-0.15, -0.1) is 15.3 Å². The number of halogens is 1. The van der Waals surface area contributed by atoms with Gasteiger partial charge in [0.1, 0.15) is 6.04 Å². The van der Waals surface area contributed by atoms with E-state index < -0.39 is 0 Å². The molecule has 0 fully saturated rings. The molecule has 0 bridgehead atoms. The van der Waals surface area contributed by atoms with Gasteiger partial charge in [0.05, 0.1) is 0 Å². The molecule has 1 aromatic carbocycles. The first-order valence-corrected chi connectivity index (χ1v) is 9.64. The maximum absolute atomic E-state index is 6.20. The number of hydrogen-bond donors (Lipinski definition) is 1. The van der Waals surface area contributed by atoms with Gasteiger partial charge in [-0.3, -0.25) is 0 Å². The lowest BCUT2D eigenvalue weighted by atomic mass is 10.0. The lowest BCUT2D eigenvalue weighted by Gasteiger charge is -2.07. The van der Waals surface area contributed by atoms with Crippen LogP contribution in [0.2, 0.25) is 5.02 Å². The number of nitrogens with zero attached hydrogens (tertiary/aromatic N) is 4.